The molecule has 0 bridgehead atoms. The molecule has 2 amide bonds. The van der Waals surface area contributed by atoms with Crippen LogP contribution in [0.1, 0.15) is 16.1 Å². The van der Waals surface area contributed by atoms with Gasteiger partial charge < -0.3 is 9.84 Å². The summed E-state index contributed by atoms with van der Waals surface area (Å²) in [7, 11) is 1.60. The molecule has 0 aliphatic carbocycles. The van der Waals surface area contributed by atoms with Crippen LogP contribution >= 0.6 is 11.8 Å². The highest BCUT2D eigenvalue weighted by Gasteiger charge is 2.32. The molecule has 1 aliphatic rings. The molecular weight excluding hydrogens is 328 g/mol. The van der Waals surface area contributed by atoms with Crippen molar-refractivity contribution in [1.29, 1.82) is 0 Å². The van der Waals surface area contributed by atoms with Gasteiger partial charge in [0.2, 0.25) is 0 Å². The number of imide groups is 1. The van der Waals surface area contributed by atoms with Crippen molar-refractivity contribution in [3.8, 4) is 17.0 Å². The van der Waals surface area contributed by atoms with Gasteiger partial charge in [-0.25, -0.2) is 9.69 Å². The number of fused-ring (bicyclic) bond motifs is 1. The van der Waals surface area contributed by atoms with Gasteiger partial charge in [-0.3, -0.25) is 9.78 Å². The molecule has 0 atom stereocenters. The quantitative estimate of drug-likeness (QED) is 0.862. The number of hydrogen-bond donors (Lipinski definition) is 1. The molecule has 0 spiro atoms. The van der Waals surface area contributed by atoms with Crippen molar-refractivity contribution in [3.05, 3.63) is 41.6 Å². The molecular formula is C17H16N2O4S. The first-order valence-corrected chi connectivity index (χ1v) is 8.55. The number of nitrogens with zero attached hydrogens (tertiary/aromatic N) is 2. The van der Waals surface area contributed by atoms with Gasteiger partial charge in [0.05, 0.1) is 24.1 Å². The van der Waals surface area contributed by atoms with Crippen molar-refractivity contribution in [2.75, 3.05) is 19.9 Å². The maximum absolute atomic E-state index is 12.5. The smallest absolute Gasteiger partial charge is 0.414 e. The van der Waals surface area contributed by atoms with Crippen molar-refractivity contribution in [2.45, 2.75) is 11.3 Å². The normalized spacial score (nSPS) is 13.6. The summed E-state index contributed by atoms with van der Waals surface area (Å²) in [6.45, 7) is 0.122. The Morgan fingerprint density at radius 3 is 2.79 bits per heavy atom. The van der Waals surface area contributed by atoms with Crippen LogP contribution in [0.2, 0.25) is 0 Å². The Bertz CT molecular complexity index is 805. The summed E-state index contributed by atoms with van der Waals surface area (Å²) in [5.41, 5.74) is 2.57. The van der Waals surface area contributed by atoms with E-state index in [2.05, 4.69) is 4.98 Å². The molecule has 2 heterocycles. The molecule has 0 saturated carbocycles. The molecule has 124 valence electrons. The fourth-order valence-corrected chi connectivity index (χ4v) is 3.41. The highest BCUT2D eigenvalue weighted by Crippen LogP contribution is 2.35. The number of carbonyl (C=O) groups is 2. The molecule has 6 nitrogen and oxygen atoms in total. The Morgan fingerprint density at radius 1 is 1.38 bits per heavy atom. The minimum absolute atomic E-state index is 0.122. The number of thioether (sulfide) groups is 1. The van der Waals surface area contributed by atoms with Crippen LogP contribution in [-0.4, -0.2) is 46.9 Å². The molecule has 7 heteroatoms. The van der Waals surface area contributed by atoms with Crippen molar-refractivity contribution in [2.24, 2.45) is 0 Å². The summed E-state index contributed by atoms with van der Waals surface area (Å²) in [5.74, 6) is 0.193. The third kappa shape index (κ3) is 2.71. The van der Waals surface area contributed by atoms with E-state index < -0.39 is 12.0 Å². The van der Waals surface area contributed by atoms with E-state index in [9.17, 15) is 9.59 Å². The predicted molar refractivity (Wildman–Crippen MR) is 90.8 cm³/mol. The minimum Gasteiger partial charge on any atom is -0.496 e. The second-order valence-electron chi connectivity index (χ2n) is 5.22. The number of carbonyl (C=O) groups excluding carboxylic acids is 1. The van der Waals surface area contributed by atoms with Gasteiger partial charge in [0.25, 0.3) is 5.91 Å². The van der Waals surface area contributed by atoms with Gasteiger partial charge in [0.1, 0.15) is 5.75 Å². The highest BCUT2D eigenvalue weighted by molar-refractivity contribution is 7.98. The molecule has 2 aromatic rings. The number of amides is 2. The summed E-state index contributed by atoms with van der Waals surface area (Å²) in [6.07, 6.45) is 1.03. The summed E-state index contributed by atoms with van der Waals surface area (Å²) >= 11 is 1.40. The second kappa shape index (κ2) is 6.52. The molecule has 0 radical (unpaired) electrons. The zero-order chi connectivity index (χ0) is 17.3. The van der Waals surface area contributed by atoms with Gasteiger partial charge in [0, 0.05) is 23.4 Å². The molecule has 0 saturated heterocycles. The van der Waals surface area contributed by atoms with Crippen molar-refractivity contribution >= 4 is 23.8 Å². The van der Waals surface area contributed by atoms with Crippen LogP contribution in [0.15, 0.2) is 35.2 Å². The lowest BCUT2D eigenvalue weighted by Crippen LogP contribution is -2.41. The number of rotatable bonds is 3. The van der Waals surface area contributed by atoms with Gasteiger partial charge in [0.15, 0.2) is 0 Å². The van der Waals surface area contributed by atoms with E-state index in [1.54, 1.807) is 7.11 Å². The third-order valence-electron chi connectivity index (χ3n) is 3.92. The van der Waals surface area contributed by atoms with E-state index >= 15 is 0 Å². The van der Waals surface area contributed by atoms with Gasteiger partial charge >= 0.3 is 6.09 Å². The minimum atomic E-state index is -1.23. The number of aromatic nitrogens is 1. The lowest BCUT2D eigenvalue weighted by molar-refractivity contribution is 0.0721. The zero-order valence-corrected chi connectivity index (χ0v) is 14.1. The molecule has 3 rings (SSSR count). The van der Waals surface area contributed by atoms with Crippen molar-refractivity contribution in [1.82, 2.24) is 9.88 Å². The third-order valence-corrected chi connectivity index (χ3v) is 4.68. The largest absolute Gasteiger partial charge is 0.496 e. The van der Waals surface area contributed by atoms with Crippen LogP contribution in [0.3, 0.4) is 0 Å². The van der Waals surface area contributed by atoms with Gasteiger partial charge in [-0.05, 0) is 24.5 Å². The maximum atomic E-state index is 12.5. The van der Waals surface area contributed by atoms with E-state index in [-0.39, 0.29) is 6.54 Å². The van der Waals surface area contributed by atoms with Gasteiger partial charge in [-0.15, -0.1) is 11.8 Å². The topological polar surface area (TPSA) is 79.7 Å². The van der Waals surface area contributed by atoms with Crippen LogP contribution in [0.25, 0.3) is 11.3 Å². The average molecular weight is 344 g/mol. The van der Waals surface area contributed by atoms with Gasteiger partial charge in [-0.1, -0.05) is 12.1 Å². The average Bonchev–Trinajstić information content (AvgIpc) is 2.60. The summed E-state index contributed by atoms with van der Waals surface area (Å²) in [5, 5.41) is 9.16. The van der Waals surface area contributed by atoms with Crippen molar-refractivity contribution in [3.63, 3.8) is 0 Å². The number of methoxy groups -OCH3 is 1. The number of ether oxygens (including phenoxy) is 1. The first-order valence-electron chi connectivity index (χ1n) is 7.33. The number of pyridine rings is 1. The van der Waals surface area contributed by atoms with Crippen LogP contribution in [0, 0.1) is 0 Å². The molecule has 1 aliphatic heterocycles. The van der Waals surface area contributed by atoms with Crippen LogP contribution < -0.4 is 4.74 Å². The van der Waals surface area contributed by atoms with E-state index in [4.69, 9.17) is 9.84 Å². The zero-order valence-electron chi connectivity index (χ0n) is 13.3. The fraction of sp³-hybridized carbons (Fsp3) is 0.235. The van der Waals surface area contributed by atoms with Crippen LogP contribution in [0.4, 0.5) is 4.79 Å². The predicted octanol–water partition coefficient (Wildman–Crippen LogP) is 3.16. The van der Waals surface area contributed by atoms with E-state index in [1.807, 2.05) is 36.6 Å². The Balaban J connectivity index is 2.15. The van der Waals surface area contributed by atoms with E-state index in [1.165, 1.54) is 11.8 Å². The van der Waals surface area contributed by atoms with E-state index in [0.717, 1.165) is 15.4 Å². The lowest BCUT2D eigenvalue weighted by Gasteiger charge is -2.26. The molecule has 1 aromatic heterocycles. The number of hydrogen-bond acceptors (Lipinski definition) is 5. The van der Waals surface area contributed by atoms with E-state index in [0.29, 0.717) is 29.1 Å². The molecule has 1 N–H and O–H groups in total. The SMILES string of the molecule is COc1ccccc1-c1cc(SC)c2c(n1)CCN(C(=O)O)C2=O. The monoisotopic (exact) mass is 344 g/mol. The van der Waals surface area contributed by atoms with Gasteiger partial charge in [-0.2, -0.15) is 0 Å². The number of para-hydroxylation sites is 1. The van der Waals surface area contributed by atoms with Crippen LogP contribution in [0.5, 0.6) is 5.75 Å². The summed E-state index contributed by atoms with van der Waals surface area (Å²) < 4.78 is 5.39. The summed E-state index contributed by atoms with van der Waals surface area (Å²) in [4.78, 5) is 29.9. The maximum Gasteiger partial charge on any atom is 0.414 e. The highest BCUT2D eigenvalue weighted by atomic mass is 32.2. The van der Waals surface area contributed by atoms with Crippen molar-refractivity contribution < 1.29 is 19.4 Å². The number of benzene rings is 1. The first kappa shape index (κ1) is 16.3. The Hall–Kier alpha value is -2.54. The Labute approximate surface area is 143 Å². The Morgan fingerprint density at radius 2 is 2.12 bits per heavy atom. The lowest BCUT2D eigenvalue weighted by atomic mass is 10.0. The molecule has 0 unspecified atom stereocenters. The first-order chi connectivity index (χ1) is 11.6. The second-order valence-corrected chi connectivity index (χ2v) is 6.07. The Kier molecular flexibility index (Phi) is 4.44. The number of carboxylic acid groups (broad SMARTS) is 1. The van der Waals surface area contributed by atoms with Crippen LogP contribution in [-0.2, 0) is 6.42 Å². The molecule has 24 heavy (non-hydrogen) atoms. The summed E-state index contributed by atoms with van der Waals surface area (Å²) in [6, 6.07) is 9.35. The molecule has 1 aromatic carbocycles. The molecule has 0 fully saturated rings. The standard InChI is InChI=1S/C17H16N2O4S/c1-23-13-6-4-3-5-10(13)12-9-14(24-2)15-11(18-12)7-8-19(16(15)20)17(21)22/h3-6,9H,7-8H2,1-2H3,(H,21,22). The fourth-order valence-electron chi connectivity index (χ4n) is 2.77.